The Hall–Kier alpha value is -1.63. The summed E-state index contributed by atoms with van der Waals surface area (Å²) >= 11 is 3.26. The van der Waals surface area contributed by atoms with Crippen LogP contribution < -0.4 is 5.73 Å². The van der Waals surface area contributed by atoms with Crippen LogP contribution in [0.2, 0.25) is 0 Å². The van der Waals surface area contributed by atoms with Gasteiger partial charge >= 0.3 is 0 Å². The molecule has 0 heterocycles. The number of amidine groups is 1. The number of nitrogens with zero attached hydrogens (tertiary/aromatic N) is 2. The molecule has 5 nitrogen and oxygen atoms in total. The van der Waals surface area contributed by atoms with Crippen molar-refractivity contribution in [3.8, 4) is 0 Å². The van der Waals surface area contributed by atoms with E-state index in [9.17, 15) is 9.18 Å². The quantitative estimate of drug-likeness (QED) is 0.354. The molecular formula is C14H19BrFN3O2. The highest BCUT2D eigenvalue weighted by Crippen LogP contribution is 2.20. The van der Waals surface area contributed by atoms with Crippen LogP contribution in [0.5, 0.6) is 0 Å². The van der Waals surface area contributed by atoms with Crippen LogP contribution in [0, 0.1) is 11.7 Å². The summed E-state index contributed by atoms with van der Waals surface area (Å²) < 4.78 is 13.9. The van der Waals surface area contributed by atoms with Gasteiger partial charge in [0.15, 0.2) is 0 Å². The average molecular weight is 360 g/mol. The van der Waals surface area contributed by atoms with Gasteiger partial charge in [0.05, 0.1) is 5.56 Å². The molecule has 0 aliphatic rings. The molecule has 0 saturated heterocycles. The molecule has 0 aromatic heterocycles. The van der Waals surface area contributed by atoms with Crippen LogP contribution in [0.4, 0.5) is 4.39 Å². The van der Waals surface area contributed by atoms with Gasteiger partial charge in [0.2, 0.25) is 0 Å². The Kier molecular flexibility index (Phi) is 6.61. The van der Waals surface area contributed by atoms with E-state index in [-0.39, 0.29) is 29.6 Å². The second kappa shape index (κ2) is 7.97. The summed E-state index contributed by atoms with van der Waals surface area (Å²) in [6, 6.07) is 3.98. The fourth-order valence-electron chi connectivity index (χ4n) is 1.85. The van der Waals surface area contributed by atoms with Crippen LogP contribution in [0.1, 0.15) is 30.6 Å². The predicted molar refractivity (Wildman–Crippen MR) is 82.9 cm³/mol. The molecule has 0 bridgehead atoms. The van der Waals surface area contributed by atoms with Gasteiger partial charge in [-0.1, -0.05) is 19.0 Å². The molecule has 0 aliphatic heterocycles. The van der Waals surface area contributed by atoms with E-state index >= 15 is 0 Å². The van der Waals surface area contributed by atoms with Gasteiger partial charge in [-0.05, 0) is 40.0 Å². The molecule has 116 valence electrons. The third-order valence-electron chi connectivity index (χ3n) is 2.80. The summed E-state index contributed by atoms with van der Waals surface area (Å²) in [6.45, 7) is 4.76. The average Bonchev–Trinajstić information content (AvgIpc) is 2.44. The number of carbonyl (C=O) groups is 1. The summed E-state index contributed by atoms with van der Waals surface area (Å²) in [5.41, 5.74) is 5.70. The third kappa shape index (κ3) is 5.34. The van der Waals surface area contributed by atoms with E-state index in [0.717, 1.165) is 0 Å². The van der Waals surface area contributed by atoms with Crippen LogP contribution in [0.3, 0.4) is 0 Å². The molecule has 0 spiro atoms. The zero-order valence-electron chi connectivity index (χ0n) is 12.0. The minimum Gasteiger partial charge on any atom is -0.409 e. The van der Waals surface area contributed by atoms with Crippen LogP contribution >= 0.6 is 15.9 Å². The number of halogens is 2. The highest BCUT2D eigenvalue weighted by molar-refractivity contribution is 9.10. The minimum absolute atomic E-state index is 0.0508. The fraction of sp³-hybridized carbons (Fsp3) is 0.429. The highest BCUT2D eigenvalue weighted by Gasteiger charge is 2.20. The maximum atomic E-state index is 13.3. The van der Waals surface area contributed by atoms with E-state index in [1.54, 1.807) is 4.90 Å². The number of carbonyl (C=O) groups excluding carboxylic acids is 1. The van der Waals surface area contributed by atoms with E-state index in [0.29, 0.717) is 17.6 Å². The monoisotopic (exact) mass is 359 g/mol. The minimum atomic E-state index is -0.470. The summed E-state index contributed by atoms with van der Waals surface area (Å²) in [5, 5.41) is 11.5. The third-order valence-corrected chi connectivity index (χ3v) is 3.49. The van der Waals surface area contributed by atoms with E-state index in [1.165, 1.54) is 18.2 Å². The molecule has 7 heteroatoms. The molecule has 0 fully saturated rings. The number of oxime groups is 1. The zero-order chi connectivity index (χ0) is 16.0. The van der Waals surface area contributed by atoms with Crippen molar-refractivity contribution in [3.63, 3.8) is 0 Å². The van der Waals surface area contributed by atoms with Crippen molar-refractivity contribution < 1.29 is 14.4 Å². The normalized spacial score (nSPS) is 11.8. The molecule has 1 aromatic rings. The van der Waals surface area contributed by atoms with Gasteiger partial charge in [0.25, 0.3) is 5.91 Å². The molecule has 21 heavy (non-hydrogen) atoms. The van der Waals surface area contributed by atoms with Crippen LogP contribution in [0.25, 0.3) is 0 Å². The number of amides is 1. The molecule has 1 amide bonds. The van der Waals surface area contributed by atoms with E-state index < -0.39 is 5.82 Å². The predicted octanol–water partition coefficient (Wildman–Crippen LogP) is 2.82. The molecule has 0 radical (unpaired) electrons. The van der Waals surface area contributed by atoms with Crippen molar-refractivity contribution in [2.24, 2.45) is 16.8 Å². The Balaban J connectivity index is 2.96. The number of hydrogen-bond acceptors (Lipinski definition) is 3. The van der Waals surface area contributed by atoms with Crippen molar-refractivity contribution >= 4 is 27.7 Å². The van der Waals surface area contributed by atoms with Gasteiger partial charge < -0.3 is 15.8 Å². The Bertz CT molecular complexity index is 535. The highest BCUT2D eigenvalue weighted by atomic mass is 79.9. The Morgan fingerprint density at radius 1 is 1.52 bits per heavy atom. The lowest BCUT2D eigenvalue weighted by Crippen LogP contribution is -2.37. The van der Waals surface area contributed by atoms with Crippen LogP contribution in [-0.2, 0) is 0 Å². The van der Waals surface area contributed by atoms with Gasteiger partial charge in [-0.25, -0.2) is 4.39 Å². The molecule has 0 aliphatic carbocycles. The Morgan fingerprint density at radius 2 is 2.19 bits per heavy atom. The maximum absolute atomic E-state index is 13.3. The van der Waals surface area contributed by atoms with Crippen molar-refractivity contribution in [2.75, 3.05) is 13.1 Å². The fourth-order valence-corrected chi connectivity index (χ4v) is 2.26. The van der Waals surface area contributed by atoms with Crippen molar-refractivity contribution in [1.82, 2.24) is 4.90 Å². The largest absolute Gasteiger partial charge is 0.409 e. The molecular weight excluding hydrogens is 341 g/mol. The number of benzene rings is 1. The zero-order valence-corrected chi connectivity index (χ0v) is 13.6. The van der Waals surface area contributed by atoms with E-state index in [1.807, 2.05) is 13.8 Å². The Morgan fingerprint density at radius 3 is 2.76 bits per heavy atom. The number of nitrogens with two attached hydrogens (primary N) is 1. The summed E-state index contributed by atoms with van der Waals surface area (Å²) in [6.07, 6.45) is 0.252. The summed E-state index contributed by atoms with van der Waals surface area (Å²) in [5.74, 6) is -0.466. The van der Waals surface area contributed by atoms with Gasteiger partial charge in [0.1, 0.15) is 11.7 Å². The molecule has 0 unspecified atom stereocenters. The standard InChI is InChI=1S/C14H19BrFN3O2/c1-9(2)8-19(6-5-13(17)18-21)14(20)11-7-10(16)3-4-12(11)15/h3-4,7,9,21H,5-6,8H2,1-2H3,(H2,17,18). The first-order chi connectivity index (χ1) is 9.85. The van der Waals surface area contributed by atoms with Crippen molar-refractivity contribution in [3.05, 3.63) is 34.1 Å². The molecule has 1 aromatic carbocycles. The van der Waals surface area contributed by atoms with Gasteiger partial charge in [0, 0.05) is 24.0 Å². The SMILES string of the molecule is CC(C)CN(CCC(N)=NO)C(=O)c1cc(F)ccc1Br. The van der Waals surface area contributed by atoms with Gasteiger partial charge in [-0.2, -0.15) is 0 Å². The van der Waals surface area contributed by atoms with E-state index in [4.69, 9.17) is 10.9 Å². The van der Waals surface area contributed by atoms with Crippen LogP contribution in [0.15, 0.2) is 27.8 Å². The Labute approximate surface area is 131 Å². The smallest absolute Gasteiger partial charge is 0.255 e. The first-order valence-electron chi connectivity index (χ1n) is 6.55. The maximum Gasteiger partial charge on any atom is 0.255 e. The second-order valence-electron chi connectivity index (χ2n) is 5.11. The second-order valence-corrected chi connectivity index (χ2v) is 5.96. The van der Waals surface area contributed by atoms with E-state index in [2.05, 4.69) is 21.1 Å². The van der Waals surface area contributed by atoms with Crippen LogP contribution in [-0.4, -0.2) is 34.9 Å². The van der Waals surface area contributed by atoms with Gasteiger partial charge in [-0.15, -0.1) is 0 Å². The van der Waals surface area contributed by atoms with Crippen molar-refractivity contribution in [1.29, 1.82) is 0 Å². The first-order valence-corrected chi connectivity index (χ1v) is 7.35. The molecule has 3 N–H and O–H groups in total. The van der Waals surface area contributed by atoms with Crippen molar-refractivity contribution in [2.45, 2.75) is 20.3 Å². The number of hydrogen-bond donors (Lipinski definition) is 2. The molecule has 1 rings (SSSR count). The lowest BCUT2D eigenvalue weighted by Gasteiger charge is -2.25. The summed E-state index contributed by atoms with van der Waals surface area (Å²) in [4.78, 5) is 14.1. The molecule has 0 saturated carbocycles. The molecule has 0 atom stereocenters. The first kappa shape index (κ1) is 17.4. The summed E-state index contributed by atoms with van der Waals surface area (Å²) in [7, 11) is 0. The topological polar surface area (TPSA) is 78.9 Å². The number of rotatable bonds is 6. The van der Waals surface area contributed by atoms with Gasteiger partial charge in [-0.3, -0.25) is 4.79 Å². The lowest BCUT2D eigenvalue weighted by atomic mass is 10.1. The lowest BCUT2D eigenvalue weighted by molar-refractivity contribution is 0.0739.